The summed E-state index contributed by atoms with van der Waals surface area (Å²) in [6.07, 6.45) is 5.94. The second-order valence-corrected chi connectivity index (χ2v) is 8.07. The van der Waals surface area contributed by atoms with E-state index in [1.165, 1.54) is 23.7 Å². The van der Waals surface area contributed by atoms with Crippen LogP contribution in [0.4, 0.5) is 5.82 Å². The van der Waals surface area contributed by atoms with Crippen molar-refractivity contribution in [2.75, 3.05) is 18.0 Å². The smallest absolute Gasteiger partial charge is 0.261 e. The predicted molar refractivity (Wildman–Crippen MR) is 116 cm³/mol. The lowest BCUT2D eigenvalue weighted by atomic mass is 10.2. The monoisotopic (exact) mass is 455 g/mol. The van der Waals surface area contributed by atoms with Gasteiger partial charge in [0.15, 0.2) is 0 Å². The maximum Gasteiger partial charge on any atom is 0.261 e. The zero-order valence-electron chi connectivity index (χ0n) is 16.0. The molecule has 1 saturated heterocycles. The van der Waals surface area contributed by atoms with Crippen LogP contribution in [0, 0.1) is 0 Å². The highest BCUT2D eigenvalue weighted by Gasteiger charge is 2.13. The number of nitrogens with one attached hydrogen (secondary N) is 1. The molecule has 1 N–H and O–H groups in total. The van der Waals surface area contributed by atoms with Crippen LogP contribution >= 0.6 is 15.9 Å². The fourth-order valence-electron chi connectivity index (χ4n) is 3.46. The summed E-state index contributed by atoms with van der Waals surface area (Å²) >= 11 is 3.37. The molecule has 2 aromatic heterocycles. The zero-order valence-corrected chi connectivity index (χ0v) is 17.6. The summed E-state index contributed by atoms with van der Waals surface area (Å²) in [5, 5.41) is 3.42. The van der Waals surface area contributed by atoms with Crippen LogP contribution < -0.4 is 15.8 Å². The third-order valence-corrected chi connectivity index (χ3v) is 5.59. The van der Waals surface area contributed by atoms with E-state index in [4.69, 9.17) is 0 Å². The second-order valence-electron chi connectivity index (χ2n) is 7.15. The van der Waals surface area contributed by atoms with E-state index in [9.17, 15) is 9.59 Å². The summed E-state index contributed by atoms with van der Waals surface area (Å²) in [4.78, 5) is 35.8. The lowest BCUT2D eigenvalue weighted by Crippen LogP contribution is -2.27. The topological polar surface area (TPSA) is 80.1 Å². The Kier molecular flexibility index (Phi) is 5.89. The van der Waals surface area contributed by atoms with Crippen molar-refractivity contribution < 1.29 is 4.79 Å². The minimum absolute atomic E-state index is 0.116. The maximum absolute atomic E-state index is 12.6. The number of amides is 1. The Hall–Kier alpha value is -2.74. The average molecular weight is 456 g/mol. The molecule has 0 radical (unpaired) electrons. The highest BCUT2D eigenvalue weighted by molar-refractivity contribution is 9.10. The van der Waals surface area contributed by atoms with Gasteiger partial charge in [-0.3, -0.25) is 14.2 Å². The van der Waals surface area contributed by atoms with Gasteiger partial charge in [-0.1, -0.05) is 22.0 Å². The molecule has 0 spiro atoms. The molecule has 3 aromatic rings. The number of aryl methyl sites for hydroxylation is 1. The summed E-state index contributed by atoms with van der Waals surface area (Å²) in [7, 11) is 0. The number of nitrogens with zero attached hydrogens (tertiary/aromatic N) is 4. The number of hydrogen-bond donors (Lipinski definition) is 1. The van der Waals surface area contributed by atoms with Crippen LogP contribution in [-0.2, 0) is 17.9 Å². The first-order chi connectivity index (χ1) is 14.1. The molecule has 3 heterocycles. The van der Waals surface area contributed by atoms with Gasteiger partial charge in [0.1, 0.15) is 5.82 Å². The van der Waals surface area contributed by atoms with Crippen molar-refractivity contribution in [3.05, 3.63) is 63.2 Å². The van der Waals surface area contributed by atoms with E-state index in [1.807, 2.05) is 24.4 Å². The van der Waals surface area contributed by atoms with E-state index in [1.54, 1.807) is 12.1 Å². The minimum Gasteiger partial charge on any atom is -0.357 e. The zero-order chi connectivity index (χ0) is 20.2. The number of aromatic nitrogens is 3. The predicted octanol–water partition coefficient (Wildman–Crippen LogP) is 2.86. The van der Waals surface area contributed by atoms with Gasteiger partial charge >= 0.3 is 0 Å². The van der Waals surface area contributed by atoms with Gasteiger partial charge in [-0.25, -0.2) is 9.97 Å². The fourth-order valence-corrected chi connectivity index (χ4v) is 3.82. The number of halogens is 1. The highest BCUT2D eigenvalue weighted by atomic mass is 79.9. The Bertz CT molecular complexity index is 1070. The number of rotatable bonds is 6. The number of carbonyl (C=O) groups is 1. The van der Waals surface area contributed by atoms with Gasteiger partial charge in [0.2, 0.25) is 5.91 Å². The minimum atomic E-state index is -0.147. The third-order valence-electron chi connectivity index (χ3n) is 5.09. The Morgan fingerprint density at radius 3 is 2.72 bits per heavy atom. The first-order valence-corrected chi connectivity index (χ1v) is 10.5. The summed E-state index contributed by atoms with van der Waals surface area (Å²) in [6.45, 7) is 2.82. The number of hydrogen-bond acceptors (Lipinski definition) is 5. The molecule has 0 bridgehead atoms. The van der Waals surface area contributed by atoms with Crippen LogP contribution in [0.15, 0.2) is 52.1 Å². The Labute approximate surface area is 176 Å². The first-order valence-electron chi connectivity index (χ1n) is 9.71. The molecule has 1 aliphatic rings. The van der Waals surface area contributed by atoms with Gasteiger partial charge in [0, 0.05) is 43.3 Å². The van der Waals surface area contributed by atoms with E-state index < -0.39 is 0 Å². The lowest BCUT2D eigenvalue weighted by molar-refractivity contribution is -0.121. The van der Waals surface area contributed by atoms with Crippen molar-refractivity contribution >= 4 is 38.6 Å². The standard InChI is InChI=1S/C21H22BrN5O2/c22-16-4-5-18-17(11-16)21(29)27(14-25-18)10-7-20(28)24-13-15-3-6-19(23-12-15)26-8-1-2-9-26/h3-6,11-12,14H,1-2,7-10,13H2,(H,24,28). The van der Waals surface area contributed by atoms with Crippen LogP contribution in [0.25, 0.3) is 10.9 Å². The molecule has 1 amide bonds. The number of fused-ring (bicyclic) bond motifs is 1. The van der Waals surface area contributed by atoms with Crippen molar-refractivity contribution in [1.82, 2.24) is 19.9 Å². The molecular formula is C21H22BrN5O2. The summed E-state index contributed by atoms with van der Waals surface area (Å²) in [5.41, 5.74) is 1.45. The molecule has 1 aliphatic heterocycles. The molecule has 0 unspecified atom stereocenters. The van der Waals surface area contributed by atoms with Gasteiger partial charge in [-0.05, 0) is 42.7 Å². The molecule has 0 aliphatic carbocycles. The molecule has 0 saturated carbocycles. The molecular weight excluding hydrogens is 434 g/mol. The Balaban J connectivity index is 1.31. The van der Waals surface area contributed by atoms with Crippen LogP contribution in [0.5, 0.6) is 0 Å². The van der Waals surface area contributed by atoms with Crippen LogP contribution in [0.3, 0.4) is 0 Å². The molecule has 150 valence electrons. The lowest BCUT2D eigenvalue weighted by Gasteiger charge is -2.16. The van der Waals surface area contributed by atoms with Crippen LogP contribution in [0.1, 0.15) is 24.8 Å². The number of benzene rings is 1. The number of pyridine rings is 1. The molecule has 8 heteroatoms. The van der Waals surface area contributed by atoms with Crippen molar-refractivity contribution in [3.8, 4) is 0 Å². The van der Waals surface area contributed by atoms with E-state index in [2.05, 4.69) is 36.1 Å². The van der Waals surface area contributed by atoms with Gasteiger partial charge in [-0.2, -0.15) is 0 Å². The number of anilines is 1. The van der Waals surface area contributed by atoms with Crippen molar-refractivity contribution in [1.29, 1.82) is 0 Å². The van der Waals surface area contributed by atoms with Crippen LogP contribution in [-0.4, -0.2) is 33.5 Å². The summed E-state index contributed by atoms with van der Waals surface area (Å²) in [5.74, 6) is 0.877. The van der Waals surface area contributed by atoms with Crippen LogP contribution in [0.2, 0.25) is 0 Å². The third kappa shape index (κ3) is 4.64. The molecule has 29 heavy (non-hydrogen) atoms. The molecule has 7 nitrogen and oxygen atoms in total. The SMILES string of the molecule is O=C(CCn1cnc2ccc(Br)cc2c1=O)NCc1ccc(N2CCCC2)nc1. The maximum atomic E-state index is 12.6. The van der Waals surface area contributed by atoms with E-state index >= 15 is 0 Å². The van der Waals surface area contributed by atoms with Gasteiger partial charge in [-0.15, -0.1) is 0 Å². The fraction of sp³-hybridized carbons (Fsp3) is 0.333. The van der Waals surface area contributed by atoms with Crippen molar-refractivity contribution in [2.24, 2.45) is 0 Å². The van der Waals surface area contributed by atoms with Crippen molar-refractivity contribution in [3.63, 3.8) is 0 Å². The summed E-state index contributed by atoms with van der Waals surface area (Å²) < 4.78 is 2.30. The second kappa shape index (κ2) is 8.73. The normalized spacial score (nSPS) is 13.8. The van der Waals surface area contributed by atoms with Crippen molar-refractivity contribution in [2.45, 2.75) is 32.4 Å². The Morgan fingerprint density at radius 2 is 1.97 bits per heavy atom. The average Bonchev–Trinajstić information content (AvgIpc) is 3.27. The van der Waals surface area contributed by atoms with Gasteiger partial charge in [0.25, 0.3) is 5.56 Å². The van der Waals surface area contributed by atoms with E-state index in [-0.39, 0.29) is 24.4 Å². The largest absolute Gasteiger partial charge is 0.357 e. The number of carbonyl (C=O) groups excluding carboxylic acids is 1. The highest BCUT2D eigenvalue weighted by Crippen LogP contribution is 2.17. The Morgan fingerprint density at radius 1 is 1.14 bits per heavy atom. The molecule has 4 rings (SSSR count). The van der Waals surface area contributed by atoms with E-state index in [0.29, 0.717) is 17.4 Å². The molecule has 0 atom stereocenters. The quantitative estimate of drug-likeness (QED) is 0.617. The van der Waals surface area contributed by atoms with E-state index in [0.717, 1.165) is 28.9 Å². The van der Waals surface area contributed by atoms with Gasteiger partial charge in [0.05, 0.1) is 17.2 Å². The first kappa shape index (κ1) is 19.6. The molecule has 1 fully saturated rings. The van der Waals surface area contributed by atoms with Gasteiger partial charge < -0.3 is 10.2 Å². The molecule has 1 aromatic carbocycles. The summed E-state index contributed by atoms with van der Waals surface area (Å²) in [6, 6.07) is 9.39.